The van der Waals surface area contributed by atoms with Crippen molar-refractivity contribution >= 4 is 16.9 Å². The van der Waals surface area contributed by atoms with Gasteiger partial charge in [-0.3, -0.25) is 0 Å². The standard InChI is InChI=1S/C17H17N3O/c1-10-8-9-11(2)15(12(10)3)21-16-13-6-4-5-7-14(13)19-17(18)20-16/h4-9H,1-3H3,(H2,18,19,20). The zero-order valence-corrected chi connectivity index (χ0v) is 12.3. The molecule has 0 bridgehead atoms. The van der Waals surface area contributed by atoms with Gasteiger partial charge < -0.3 is 10.5 Å². The highest BCUT2D eigenvalue weighted by Gasteiger charge is 2.12. The Morgan fingerprint density at radius 2 is 1.62 bits per heavy atom. The van der Waals surface area contributed by atoms with E-state index < -0.39 is 0 Å². The van der Waals surface area contributed by atoms with Crippen LogP contribution in [0.2, 0.25) is 0 Å². The van der Waals surface area contributed by atoms with Gasteiger partial charge in [-0.05, 0) is 49.6 Å². The first kappa shape index (κ1) is 13.4. The molecule has 0 amide bonds. The number of hydrogen-bond donors (Lipinski definition) is 1. The summed E-state index contributed by atoms with van der Waals surface area (Å²) < 4.78 is 6.08. The zero-order chi connectivity index (χ0) is 15.0. The van der Waals surface area contributed by atoms with Gasteiger partial charge in [0.25, 0.3) is 0 Å². The molecule has 21 heavy (non-hydrogen) atoms. The van der Waals surface area contributed by atoms with E-state index in [4.69, 9.17) is 10.5 Å². The Bertz CT molecular complexity index is 828. The van der Waals surface area contributed by atoms with Crippen LogP contribution in [0.3, 0.4) is 0 Å². The van der Waals surface area contributed by atoms with Gasteiger partial charge in [0.1, 0.15) is 5.75 Å². The lowest BCUT2D eigenvalue weighted by atomic mass is 10.1. The van der Waals surface area contributed by atoms with Gasteiger partial charge in [-0.25, -0.2) is 4.98 Å². The molecule has 0 aliphatic rings. The Morgan fingerprint density at radius 3 is 2.43 bits per heavy atom. The number of rotatable bonds is 2. The minimum absolute atomic E-state index is 0.214. The summed E-state index contributed by atoms with van der Waals surface area (Å²) in [6, 6.07) is 11.8. The molecule has 2 N–H and O–H groups in total. The summed E-state index contributed by atoms with van der Waals surface area (Å²) in [5.41, 5.74) is 9.92. The summed E-state index contributed by atoms with van der Waals surface area (Å²) in [5, 5.41) is 0.854. The van der Waals surface area contributed by atoms with Gasteiger partial charge in [0.15, 0.2) is 0 Å². The number of ether oxygens (including phenoxy) is 1. The topological polar surface area (TPSA) is 61.0 Å². The molecule has 0 aliphatic heterocycles. The second-order valence-electron chi connectivity index (χ2n) is 5.16. The van der Waals surface area contributed by atoms with Crippen molar-refractivity contribution < 1.29 is 4.74 Å². The molecule has 0 fully saturated rings. The van der Waals surface area contributed by atoms with Crippen LogP contribution in [0.5, 0.6) is 11.6 Å². The first-order valence-electron chi connectivity index (χ1n) is 6.83. The summed E-state index contributed by atoms with van der Waals surface area (Å²) in [6.45, 7) is 6.13. The maximum absolute atomic E-state index is 6.08. The van der Waals surface area contributed by atoms with Crippen molar-refractivity contribution in [1.82, 2.24) is 9.97 Å². The number of hydrogen-bond acceptors (Lipinski definition) is 4. The fourth-order valence-corrected chi connectivity index (χ4v) is 2.32. The van der Waals surface area contributed by atoms with E-state index in [1.54, 1.807) is 0 Å². The summed E-state index contributed by atoms with van der Waals surface area (Å²) in [6.07, 6.45) is 0. The van der Waals surface area contributed by atoms with Crippen LogP contribution in [0.15, 0.2) is 36.4 Å². The molecular weight excluding hydrogens is 262 g/mol. The number of nitrogen functional groups attached to an aromatic ring is 1. The number of aromatic nitrogens is 2. The SMILES string of the molecule is Cc1ccc(C)c(Oc2nc(N)nc3ccccc23)c1C. The highest BCUT2D eigenvalue weighted by atomic mass is 16.5. The van der Waals surface area contributed by atoms with E-state index in [1.165, 1.54) is 5.56 Å². The third kappa shape index (κ3) is 2.40. The summed E-state index contributed by atoms with van der Waals surface area (Å²) in [5.74, 6) is 1.54. The zero-order valence-electron chi connectivity index (χ0n) is 12.3. The molecule has 3 rings (SSSR count). The van der Waals surface area contributed by atoms with E-state index in [2.05, 4.69) is 23.0 Å². The van der Waals surface area contributed by atoms with Crippen molar-refractivity contribution in [2.24, 2.45) is 0 Å². The number of anilines is 1. The summed E-state index contributed by atoms with van der Waals surface area (Å²) >= 11 is 0. The van der Waals surface area contributed by atoms with Crippen LogP contribution in [-0.2, 0) is 0 Å². The van der Waals surface area contributed by atoms with Crippen molar-refractivity contribution in [2.45, 2.75) is 20.8 Å². The van der Waals surface area contributed by atoms with Crippen LogP contribution in [0, 0.1) is 20.8 Å². The lowest BCUT2D eigenvalue weighted by molar-refractivity contribution is 0.461. The van der Waals surface area contributed by atoms with Crippen molar-refractivity contribution in [3.05, 3.63) is 53.1 Å². The monoisotopic (exact) mass is 279 g/mol. The van der Waals surface area contributed by atoms with E-state index in [-0.39, 0.29) is 5.95 Å². The normalized spacial score (nSPS) is 10.8. The fourth-order valence-electron chi connectivity index (χ4n) is 2.32. The maximum Gasteiger partial charge on any atom is 0.231 e. The van der Waals surface area contributed by atoms with Crippen molar-refractivity contribution in [3.63, 3.8) is 0 Å². The molecule has 0 saturated carbocycles. The van der Waals surface area contributed by atoms with E-state index in [0.29, 0.717) is 5.88 Å². The molecule has 4 heteroatoms. The van der Waals surface area contributed by atoms with Gasteiger partial charge >= 0.3 is 0 Å². The molecule has 0 unspecified atom stereocenters. The quantitative estimate of drug-likeness (QED) is 0.772. The molecule has 0 saturated heterocycles. The van der Waals surface area contributed by atoms with Crippen LogP contribution in [-0.4, -0.2) is 9.97 Å². The van der Waals surface area contributed by atoms with Crippen LogP contribution in [0.4, 0.5) is 5.95 Å². The second-order valence-corrected chi connectivity index (χ2v) is 5.16. The predicted octanol–water partition coefficient (Wildman–Crippen LogP) is 3.93. The average molecular weight is 279 g/mol. The van der Waals surface area contributed by atoms with E-state index in [9.17, 15) is 0 Å². The first-order valence-corrected chi connectivity index (χ1v) is 6.83. The molecular formula is C17H17N3O. The Labute approximate surface area is 123 Å². The molecule has 106 valence electrons. The highest BCUT2D eigenvalue weighted by molar-refractivity contribution is 5.84. The lowest BCUT2D eigenvalue weighted by Crippen LogP contribution is -2.00. The highest BCUT2D eigenvalue weighted by Crippen LogP contribution is 2.33. The Kier molecular flexibility index (Phi) is 3.22. The van der Waals surface area contributed by atoms with Gasteiger partial charge in [-0.2, -0.15) is 4.98 Å². The largest absolute Gasteiger partial charge is 0.438 e. The number of para-hydroxylation sites is 1. The molecule has 3 aromatic rings. The lowest BCUT2D eigenvalue weighted by Gasteiger charge is -2.14. The summed E-state index contributed by atoms with van der Waals surface area (Å²) in [7, 11) is 0. The maximum atomic E-state index is 6.08. The molecule has 4 nitrogen and oxygen atoms in total. The fraction of sp³-hybridized carbons (Fsp3) is 0.176. The van der Waals surface area contributed by atoms with Crippen LogP contribution < -0.4 is 10.5 Å². The van der Waals surface area contributed by atoms with Gasteiger partial charge in [0.05, 0.1) is 10.9 Å². The first-order chi connectivity index (χ1) is 10.1. The minimum Gasteiger partial charge on any atom is -0.438 e. The Morgan fingerprint density at radius 1 is 0.905 bits per heavy atom. The van der Waals surface area contributed by atoms with Crippen molar-refractivity contribution in [2.75, 3.05) is 5.73 Å². The van der Waals surface area contributed by atoms with Crippen LogP contribution >= 0.6 is 0 Å². The van der Waals surface area contributed by atoms with Crippen LogP contribution in [0.1, 0.15) is 16.7 Å². The average Bonchev–Trinajstić information content (AvgIpc) is 2.47. The molecule has 2 aromatic carbocycles. The number of fused-ring (bicyclic) bond motifs is 1. The second kappa shape index (κ2) is 5.05. The van der Waals surface area contributed by atoms with Gasteiger partial charge in [0.2, 0.25) is 11.8 Å². The minimum atomic E-state index is 0.214. The third-order valence-electron chi connectivity index (χ3n) is 3.66. The van der Waals surface area contributed by atoms with E-state index in [1.807, 2.05) is 44.2 Å². The smallest absolute Gasteiger partial charge is 0.231 e. The predicted molar refractivity (Wildman–Crippen MR) is 84.7 cm³/mol. The molecule has 0 aliphatic carbocycles. The number of aryl methyl sites for hydroxylation is 2. The number of nitrogens with two attached hydrogens (primary N) is 1. The number of benzene rings is 2. The third-order valence-corrected chi connectivity index (χ3v) is 3.66. The Hall–Kier alpha value is -2.62. The molecule has 1 aromatic heterocycles. The van der Waals surface area contributed by atoms with Crippen molar-refractivity contribution in [3.8, 4) is 11.6 Å². The van der Waals surface area contributed by atoms with Gasteiger partial charge in [-0.15, -0.1) is 0 Å². The molecule has 0 radical (unpaired) electrons. The molecule has 0 spiro atoms. The van der Waals surface area contributed by atoms with E-state index >= 15 is 0 Å². The molecule has 1 heterocycles. The Balaban J connectivity index is 2.17. The summed E-state index contributed by atoms with van der Waals surface area (Å²) in [4.78, 5) is 8.48. The number of nitrogens with zero attached hydrogens (tertiary/aromatic N) is 2. The van der Waals surface area contributed by atoms with Crippen molar-refractivity contribution in [1.29, 1.82) is 0 Å². The van der Waals surface area contributed by atoms with Gasteiger partial charge in [-0.1, -0.05) is 24.3 Å². The van der Waals surface area contributed by atoms with Gasteiger partial charge in [0, 0.05) is 0 Å². The van der Waals surface area contributed by atoms with E-state index in [0.717, 1.165) is 27.8 Å². The molecule has 0 atom stereocenters. The van der Waals surface area contributed by atoms with Crippen LogP contribution in [0.25, 0.3) is 10.9 Å².